The maximum Gasteiger partial charge on any atom is 0.262 e. The van der Waals surface area contributed by atoms with Crippen LogP contribution in [0.15, 0.2) is 41.3 Å². The summed E-state index contributed by atoms with van der Waals surface area (Å²) in [4.78, 5) is 0.204. The lowest BCUT2D eigenvalue weighted by atomic mass is 10.1. The second-order valence-corrected chi connectivity index (χ2v) is 6.77. The predicted molar refractivity (Wildman–Crippen MR) is 83.8 cm³/mol. The Morgan fingerprint density at radius 2 is 1.71 bits per heavy atom. The van der Waals surface area contributed by atoms with Gasteiger partial charge in [-0.05, 0) is 55.2 Å². The van der Waals surface area contributed by atoms with Crippen LogP contribution >= 0.6 is 0 Å². The maximum atomic E-state index is 12.6. The fourth-order valence-electron chi connectivity index (χ4n) is 2.16. The van der Waals surface area contributed by atoms with Gasteiger partial charge in [-0.25, -0.2) is 8.42 Å². The van der Waals surface area contributed by atoms with Crippen LogP contribution in [-0.4, -0.2) is 13.5 Å². The van der Waals surface area contributed by atoms with Crippen LogP contribution in [0.3, 0.4) is 0 Å². The summed E-state index contributed by atoms with van der Waals surface area (Å²) in [5.74, 6) is 0. The van der Waals surface area contributed by atoms with Gasteiger partial charge in [0.25, 0.3) is 10.0 Å². The number of hydrogen-bond donors (Lipinski definition) is 2. The van der Waals surface area contributed by atoms with E-state index in [0.717, 1.165) is 11.1 Å². The van der Waals surface area contributed by atoms with E-state index in [2.05, 4.69) is 4.72 Å². The molecule has 2 N–H and O–H groups in total. The number of nitrogens with one attached hydrogen (secondary N) is 1. The molecule has 112 valence electrons. The second-order valence-electron chi connectivity index (χ2n) is 5.11. The van der Waals surface area contributed by atoms with Crippen LogP contribution in [0.4, 0.5) is 5.69 Å². The van der Waals surface area contributed by atoms with Crippen LogP contribution in [-0.2, 0) is 16.6 Å². The molecule has 2 aromatic rings. The lowest BCUT2D eigenvalue weighted by molar-refractivity contribution is 0.281. The van der Waals surface area contributed by atoms with Crippen molar-refractivity contribution in [3.05, 3.63) is 58.7 Å². The summed E-state index contributed by atoms with van der Waals surface area (Å²) in [5.41, 5.74) is 3.53. The molecule has 0 heterocycles. The van der Waals surface area contributed by atoms with E-state index in [1.54, 1.807) is 25.1 Å². The predicted octanol–water partition coefficient (Wildman–Crippen LogP) is 2.90. The number of aliphatic hydroxyl groups is 1. The number of benzene rings is 2. The molecule has 0 fully saturated rings. The highest BCUT2D eigenvalue weighted by Crippen LogP contribution is 2.25. The summed E-state index contributed by atoms with van der Waals surface area (Å²) in [7, 11) is -3.68. The average molecular weight is 305 g/mol. The highest BCUT2D eigenvalue weighted by Gasteiger charge is 2.19. The van der Waals surface area contributed by atoms with E-state index in [0.29, 0.717) is 16.8 Å². The van der Waals surface area contributed by atoms with E-state index in [1.165, 1.54) is 6.07 Å². The van der Waals surface area contributed by atoms with Gasteiger partial charge in [0.2, 0.25) is 0 Å². The Bertz CT molecular complexity index is 767. The molecule has 21 heavy (non-hydrogen) atoms. The van der Waals surface area contributed by atoms with Crippen LogP contribution < -0.4 is 4.72 Å². The SMILES string of the molecule is Cc1ccccc1NS(=O)(=O)c1cc(CO)cc(C)c1C. The molecule has 0 unspecified atom stereocenters. The van der Waals surface area contributed by atoms with Crippen molar-refractivity contribution < 1.29 is 13.5 Å². The lowest BCUT2D eigenvalue weighted by Crippen LogP contribution is -2.16. The highest BCUT2D eigenvalue weighted by atomic mass is 32.2. The molecule has 5 heteroatoms. The van der Waals surface area contributed by atoms with E-state index in [-0.39, 0.29) is 11.5 Å². The smallest absolute Gasteiger partial charge is 0.262 e. The normalized spacial score (nSPS) is 11.4. The number of aliphatic hydroxyl groups excluding tert-OH is 1. The molecule has 0 saturated carbocycles. The molecule has 4 nitrogen and oxygen atoms in total. The first-order valence-electron chi connectivity index (χ1n) is 6.64. The van der Waals surface area contributed by atoms with Crippen molar-refractivity contribution in [2.24, 2.45) is 0 Å². The van der Waals surface area contributed by atoms with Crippen LogP contribution in [0, 0.1) is 20.8 Å². The van der Waals surface area contributed by atoms with Crippen molar-refractivity contribution in [2.45, 2.75) is 32.3 Å². The largest absolute Gasteiger partial charge is 0.392 e. The first kappa shape index (κ1) is 15.5. The molecule has 0 amide bonds. The van der Waals surface area contributed by atoms with E-state index >= 15 is 0 Å². The van der Waals surface area contributed by atoms with Crippen LogP contribution in [0.2, 0.25) is 0 Å². The van der Waals surface area contributed by atoms with E-state index in [1.807, 2.05) is 26.0 Å². The molecule has 0 aliphatic carbocycles. The standard InChI is InChI=1S/C16H19NO3S/c1-11-6-4-5-7-15(11)17-21(19,20)16-9-14(10-18)8-12(2)13(16)3/h4-9,17-18H,10H2,1-3H3. The van der Waals surface area contributed by atoms with E-state index < -0.39 is 10.0 Å². The van der Waals surface area contributed by atoms with Gasteiger partial charge in [-0.15, -0.1) is 0 Å². The number of aryl methyl sites for hydroxylation is 2. The van der Waals surface area contributed by atoms with Crippen molar-refractivity contribution in [3.8, 4) is 0 Å². The molecule has 0 spiro atoms. The Hall–Kier alpha value is -1.85. The molecule has 0 saturated heterocycles. The zero-order valence-corrected chi connectivity index (χ0v) is 13.2. The molecule has 0 atom stereocenters. The van der Waals surface area contributed by atoms with Gasteiger partial charge in [-0.2, -0.15) is 0 Å². The Morgan fingerprint density at radius 3 is 2.33 bits per heavy atom. The molecule has 0 aliphatic heterocycles. The van der Waals surface area contributed by atoms with Crippen LogP contribution in [0.25, 0.3) is 0 Å². The van der Waals surface area contributed by atoms with Gasteiger partial charge in [0.15, 0.2) is 0 Å². The van der Waals surface area contributed by atoms with Crippen molar-refractivity contribution in [3.63, 3.8) is 0 Å². The number of sulfonamides is 1. The molecule has 2 aromatic carbocycles. The summed E-state index contributed by atoms with van der Waals surface area (Å²) >= 11 is 0. The average Bonchev–Trinajstić information content (AvgIpc) is 2.43. The quantitative estimate of drug-likeness (QED) is 0.912. The van der Waals surface area contributed by atoms with Gasteiger partial charge in [-0.3, -0.25) is 4.72 Å². The Morgan fingerprint density at radius 1 is 1.05 bits per heavy atom. The molecule has 0 aromatic heterocycles. The molecule has 0 radical (unpaired) electrons. The van der Waals surface area contributed by atoms with E-state index in [4.69, 9.17) is 0 Å². The van der Waals surface area contributed by atoms with Gasteiger partial charge in [0.1, 0.15) is 0 Å². The zero-order chi connectivity index (χ0) is 15.6. The van der Waals surface area contributed by atoms with Crippen molar-refractivity contribution in [2.75, 3.05) is 4.72 Å². The number of rotatable bonds is 4. The molecular formula is C16H19NO3S. The second kappa shape index (κ2) is 5.87. The van der Waals surface area contributed by atoms with Gasteiger partial charge >= 0.3 is 0 Å². The summed E-state index contributed by atoms with van der Waals surface area (Å²) < 4.78 is 27.8. The minimum Gasteiger partial charge on any atom is -0.392 e. The van der Waals surface area contributed by atoms with Gasteiger partial charge < -0.3 is 5.11 Å². The third-order valence-corrected chi connectivity index (χ3v) is 5.03. The van der Waals surface area contributed by atoms with Gasteiger partial charge in [0.05, 0.1) is 17.2 Å². The van der Waals surface area contributed by atoms with Crippen molar-refractivity contribution in [1.82, 2.24) is 0 Å². The summed E-state index contributed by atoms with van der Waals surface area (Å²) in [6.07, 6.45) is 0. The molecule has 0 bridgehead atoms. The fourth-order valence-corrected chi connectivity index (χ4v) is 3.66. The van der Waals surface area contributed by atoms with E-state index in [9.17, 15) is 13.5 Å². The first-order valence-corrected chi connectivity index (χ1v) is 8.13. The summed E-state index contributed by atoms with van der Waals surface area (Å²) in [6, 6.07) is 10.5. The Balaban J connectivity index is 2.50. The third-order valence-electron chi connectivity index (χ3n) is 3.54. The third kappa shape index (κ3) is 3.25. The maximum absolute atomic E-state index is 12.6. The van der Waals surface area contributed by atoms with Crippen LogP contribution in [0.5, 0.6) is 0 Å². The highest BCUT2D eigenvalue weighted by molar-refractivity contribution is 7.92. The van der Waals surface area contributed by atoms with Crippen molar-refractivity contribution >= 4 is 15.7 Å². The summed E-state index contributed by atoms with van der Waals surface area (Å²) in [6.45, 7) is 5.26. The van der Waals surface area contributed by atoms with Gasteiger partial charge in [-0.1, -0.05) is 24.3 Å². The zero-order valence-electron chi connectivity index (χ0n) is 12.3. The minimum absolute atomic E-state index is 0.187. The minimum atomic E-state index is -3.68. The topological polar surface area (TPSA) is 66.4 Å². The summed E-state index contributed by atoms with van der Waals surface area (Å²) in [5, 5.41) is 9.26. The Labute approximate surface area is 125 Å². The number of para-hydroxylation sites is 1. The first-order chi connectivity index (χ1) is 9.85. The van der Waals surface area contributed by atoms with Crippen LogP contribution in [0.1, 0.15) is 22.3 Å². The number of anilines is 1. The Kier molecular flexibility index (Phi) is 4.34. The fraction of sp³-hybridized carbons (Fsp3) is 0.250. The molecule has 0 aliphatic rings. The monoisotopic (exact) mass is 305 g/mol. The van der Waals surface area contributed by atoms with Gasteiger partial charge in [0, 0.05) is 0 Å². The van der Waals surface area contributed by atoms with Crippen molar-refractivity contribution in [1.29, 1.82) is 0 Å². The lowest BCUT2D eigenvalue weighted by Gasteiger charge is -2.14. The number of hydrogen-bond acceptors (Lipinski definition) is 3. The molecular weight excluding hydrogens is 286 g/mol. The molecule has 2 rings (SSSR count).